The largest absolute Gasteiger partial charge is 0.482 e. The maximum Gasteiger partial charge on any atom is 0.265 e. The summed E-state index contributed by atoms with van der Waals surface area (Å²) in [5.74, 6) is 0.307. The standard InChI is InChI=1S/C19H22N2O4S/c1-20(2)11-6-12-21-17-10-9-16(13-18(17)25-14-19(21)22)26(23,24)15-7-4-3-5-8-15/h3-5,7-10,13H,6,11-12,14H2,1-2H3. The highest BCUT2D eigenvalue weighted by Crippen LogP contribution is 2.35. The number of amides is 1. The van der Waals surface area contributed by atoms with Crippen molar-refractivity contribution in [3.8, 4) is 5.75 Å². The van der Waals surface area contributed by atoms with E-state index in [4.69, 9.17) is 4.74 Å². The molecule has 7 heteroatoms. The first-order valence-electron chi connectivity index (χ1n) is 8.41. The lowest BCUT2D eigenvalue weighted by atomic mass is 10.2. The van der Waals surface area contributed by atoms with E-state index >= 15 is 0 Å². The van der Waals surface area contributed by atoms with Crippen LogP contribution < -0.4 is 9.64 Å². The van der Waals surface area contributed by atoms with E-state index in [0.29, 0.717) is 18.0 Å². The Hall–Kier alpha value is -2.38. The SMILES string of the molecule is CN(C)CCCN1C(=O)COc2cc(S(=O)(=O)c3ccccc3)ccc21. The van der Waals surface area contributed by atoms with E-state index in [9.17, 15) is 13.2 Å². The highest BCUT2D eigenvalue weighted by molar-refractivity contribution is 7.91. The molecule has 6 nitrogen and oxygen atoms in total. The number of nitrogens with zero attached hydrogens (tertiary/aromatic N) is 2. The summed E-state index contributed by atoms with van der Waals surface area (Å²) in [5, 5.41) is 0. The minimum absolute atomic E-state index is 0.0796. The van der Waals surface area contributed by atoms with E-state index in [0.717, 1.165) is 13.0 Å². The van der Waals surface area contributed by atoms with Crippen LogP contribution in [0.5, 0.6) is 5.75 Å². The molecule has 0 spiro atoms. The number of carbonyl (C=O) groups excluding carboxylic acids is 1. The summed E-state index contributed by atoms with van der Waals surface area (Å²) in [6.45, 7) is 1.35. The molecule has 0 aliphatic carbocycles. The van der Waals surface area contributed by atoms with Crippen molar-refractivity contribution in [2.75, 3.05) is 38.7 Å². The first-order valence-corrected chi connectivity index (χ1v) is 9.90. The van der Waals surface area contributed by atoms with E-state index in [1.54, 1.807) is 41.3 Å². The van der Waals surface area contributed by atoms with Crippen molar-refractivity contribution in [1.82, 2.24) is 4.90 Å². The predicted molar refractivity (Wildman–Crippen MR) is 99.4 cm³/mol. The van der Waals surface area contributed by atoms with Crippen LogP contribution in [0.3, 0.4) is 0 Å². The molecule has 3 rings (SSSR count). The highest BCUT2D eigenvalue weighted by atomic mass is 32.2. The maximum atomic E-state index is 12.8. The van der Waals surface area contributed by atoms with Crippen LogP contribution in [-0.4, -0.2) is 53.0 Å². The molecule has 1 aliphatic heterocycles. The number of sulfone groups is 1. The van der Waals surface area contributed by atoms with E-state index in [1.807, 2.05) is 14.1 Å². The lowest BCUT2D eigenvalue weighted by molar-refractivity contribution is -0.121. The van der Waals surface area contributed by atoms with Gasteiger partial charge in [0.15, 0.2) is 6.61 Å². The number of ether oxygens (including phenoxy) is 1. The molecule has 0 saturated carbocycles. The molecule has 0 fully saturated rings. The zero-order valence-corrected chi connectivity index (χ0v) is 15.7. The van der Waals surface area contributed by atoms with Crippen LogP contribution in [0.1, 0.15) is 6.42 Å². The molecule has 1 amide bonds. The number of rotatable bonds is 6. The molecular weight excluding hydrogens is 352 g/mol. The Bertz CT molecular complexity index is 895. The van der Waals surface area contributed by atoms with Gasteiger partial charge in [-0.25, -0.2) is 8.42 Å². The van der Waals surface area contributed by atoms with Gasteiger partial charge in [-0.3, -0.25) is 4.79 Å². The third-order valence-corrected chi connectivity index (χ3v) is 5.99. The molecule has 1 heterocycles. The minimum atomic E-state index is -3.62. The molecule has 138 valence electrons. The summed E-state index contributed by atoms with van der Waals surface area (Å²) in [5.41, 5.74) is 0.618. The fourth-order valence-corrected chi connectivity index (χ4v) is 4.17. The molecule has 2 aromatic carbocycles. The Morgan fingerprint density at radius 1 is 1.08 bits per heavy atom. The number of fused-ring (bicyclic) bond motifs is 1. The van der Waals surface area contributed by atoms with Crippen LogP contribution in [0.4, 0.5) is 5.69 Å². The Morgan fingerprint density at radius 3 is 2.50 bits per heavy atom. The fourth-order valence-electron chi connectivity index (χ4n) is 2.88. The summed E-state index contributed by atoms with van der Waals surface area (Å²) in [6, 6.07) is 13.0. The van der Waals surface area contributed by atoms with Gasteiger partial charge in [0.1, 0.15) is 5.75 Å². The Balaban J connectivity index is 1.90. The van der Waals surface area contributed by atoms with Crippen LogP contribution in [0.15, 0.2) is 58.3 Å². The minimum Gasteiger partial charge on any atom is -0.482 e. The van der Waals surface area contributed by atoms with Gasteiger partial charge in [-0.1, -0.05) is 18.2 Å². The van der Waals surface area contributed by atoms with Crippen LogP contribution in [0.25, 0.3) is 0 Å². The number of hydrogen-bond acceptors (Lipinski definition) is 5. The van der Waals surface area contributed by atoms with Gasteiger partial charge in [0, 0.05) is 12.6 Å². The first-order chi connectivity index (χ1) is 12.4. The molecule has 2 aromatic rings. The smallest absolute Gasteiger partial charge is 0.265 e. The van der Waals surface area contributed by atoms with Crippen molar-refractivity contribution in [2.45, 2.75) is 16.2 Å². The van der Waals surface area contributed by atoms with Gasteiger partial charge in [-0.05, 0) is 51.3 Å². The third-order valence-electron chi connectivity index (χ3n) is 4.23. The summed E-state index contributed by atoms with van der Waals surface area (Å²) in [7, 11) is 0.342. The second-order valence-corrected chi connectivity index (χ2v) is 8.39. The van der Waals surface area contributed by atoms with E-state index in [2.05, 4.69) is 4.90 Å². The van der Waals surface area contributed by atoms with E-state index < -0.39 is 9.84 Å². The lowest BCUT2D eigenvalue weighted by Gasteiger charge is -2.30. The zero-order valence-electron chi connectivity index (χ0n) is 14.9. The number of carbonyl (C=O) groups is 1. The van der Waals surface area contributed by atoms with Crippen molar-refractivity contribution < 1.29 is 17.9 Å². The molecule has 26 heavy (non-hydrogen) atoms. The summed E-state index contributed by atoms with van der Waals surface area (Å²) in [4.78, 5) is 16.3. The van der Waals surface area contributed by atoms with Gasteiger partial charge < -0.3 is 14.5 Å². The molecular formula is C19H22N2O4S. The average Bonchev–Trinajstić information content (AvgIpc) is 2.63. The van der Waals surface area contributed by atoms with Gasteiger partial charge in [0.2, 0.25) is 9.84 Å². The van der Waals surface area contributed by atoms with Crippen molar-refractivity contribution in [3.05, 3.63) is 48.5 Å². The Kier molecular flexibility index (Phi) is 5.29. The maximum absolute atomic E-state index is 12.8. The molecule has 0 unspecified atom stereocenters. The Labute approximate surface area is 153 Å². The molecule has 0 aromatic heterocycles. The first kappa shape index (κ1) is 18.4. The van der Waals surface area contributed by atoms with Gasteiger partial charge in [-0.15, -0.1) is 0 Å². The van der Waals surface area contributed by atoms with Crippen LogP contribution in [0, 0.1) is 0 Å². The second kappa shape index (κ2) is 7.47. The summed E-state index contributed by atoms with van der Waals surface area (Å²) >= 11 is 0. The monoisotopic (exact) mass is 374 g/mol. The van der Waals surface area contributed by atoms with E-state index in [1.165, 1.54) is 12.1 Å². The van der Waals surface area contributed by atoms with Crippen molar-refractivity contribution >= 4 is 21.4 Å². The van der Waals surface area contributed by atoms with Crippen LogP contribution >= 0.6 is 0 Å². The topological polar surface area (TPSA) is 66.9 Å². The fraction of sp³-hybridized carbons (Fsp3) is 0.316. The third kappa shape index (κ3) is 3.73. The predicted octanol–water partition coefficient (Wildman–Crippen LogP) is 2.20. The molecule has 0 radical (unpaired) electrons. The Morgan fingerprint density at radius 2 is 1.81 bits per heavy atom. The zero-order chi connectivity index (χ0) is 18.7. The molecule has 0 saturated heterocycles. The summed E-state index contributed by atoms with van der Waals surface area (Å²) < 4.78 is 31.0. The van der Waals surface area contributed by atoms with Crippen LogP contribution in [-0.2, 0) is 14.6 Å². The average molecular weight is 374 g/mol. The quantitative estimate of drug-likeness (QED) is 0.775. The van der Waals surface area contributed by atoms with E-state index in [-0.39, 0.29) is 22.3 Å². The van der Waals surface area contributed by atoms with Gasteiger partial charge in [0.25, 0.3) is 5.91 Å². The number of hydrogen-bond donors (Lipinski definition) is 0. The van der Waals surface area contributed by atoms with Crippen molar-refractivity contribution in [1.29, 1.82) is 0 Å². The molecule has 1 aliphatic rings. The van der Waals surface area contributed by atoms with Crippen molar-refractivity contribution in [2.24, 2.45) is 0 Å². The summed E-state index contributed by atoms with van der Waals surface area (Å²) in [6.07, 6.45) is 0.822. The van der Waals surface area contributed by atoms with Crippen LogP contribution in [0.2, 0.25) is 0 Å². The molecule has 0 N–H and O–H groups in total. The lowest BCUT2D eigenvalue weighted by Crippen LogP contribution is -2.40. The second-order valence-electron chi connectivity index (χ2n) is 6.44. The molecule has 0 atom stereocenters. The number of anilines is 1. The molecule has 0 bridgehead atoms. The van der Waals surface area contributed by atoms with Gasteiger partial charge in [-0.2, -0.15) is 0 Å². The van der Waals surface area contributed by atoms with Crippen molar-refractivity contribution in [3.63, 3.8) is 0 Å². The van der Waals surface area contributed by atoms with Gasteiger partial charge >= 0.3 is 0 Å². The normalized spacial score (nSPS) is 14.3. The number of benzene rings is 2. The highest BCUT2D eigenvalue weighted by Gasteiger charge is 2.27. The van der Waals surface area contributed by atoms with Gasteiger partial charge in [0.05, 0.1) is 15.5 Å².